The summed E-state index contributed by atoms with van der Waals surface area (Å²) in [4.78, 5) is 0. The molecule has 4 unspecified atom stereocenters. The van der Waals surface area contributed by atoms with Crippen LogP contribution in [-0.2, 0) is 24.2 Å². The fourth-order valence-corrected chi connectivity index (χ4v) is 4.80. The molecule has 2 aromatic carbocycles. The Morgan fingerprint density at radius 2 is 1.77 bits per heavy atom. The lowest BCUT2D eigenvalue weighted by atomic mass is 9.74. The zero-order valence-electron chi connectivity index (χ0n) is 19.9. The fourth-order valence-electron chi connectivity index (χ4n) is 4.80. The molecule has 0 aromatic heterocycles. The average molecular weight is 489 g/mol. The van der Waals surface area contributed by atoms with Gasteiger partial charge >= 0.3 is 0 Å². The van der Waals surface area contributed by atoms with Gasteiger partial charge in [0.15, 0.2) is 18.5 Å². The molecule has 0 saturated carbocycles. The quantitative estimate of drug-likeness (QED) is 0.270. The zero-order valence-corrected chi connectivity index (χ0v) is 19.9. The van der Waals surface area contributed by atoms with E-state index in [4.69, 9.17) is 4.74 Å². The number of ether oxygens (including phenoxy) is 1. The van der Waals surface area contributed by atoms with E-state index < -0.39 is 41.3 Å². The Hall–Kier alpha value is -2.73. The normalized spacial score (nSPS) is 25.4. The predicted octanol–water partition coefficient (Wildman–Crippen LogP) is 8.04. The first-order chi connectivity index (χ1) is 16.7. The van der Waals surface area contributed by atoms with Gasteiger partial charge in [0.2, 0.25) is 0 Å². The maximum Gasteiger partial charge on any atom is 0.164 e. The summed E-state index contributed by atoms with van der Waals surface area (Å²) >= 11 is 0. The third-order valence-corrected chi connectivity index (χ3v) is 6.86. The van der Waals surface area contributed by atoms with Crippen molar-refractivity contribution in [3.05, 3.63) is 100 Å². The number of aryl methyl sites for hydroxylation is 2. The van der Waals surface area contributed by atoms with Gasteiger partial charge in [-0.15, -0.1) is 6.58 Å². The number of hydrogen-bond donors (Lipinski definition) is 0. The third-order valence-electron chi connectivity index (χ3n) is 6.86. The number of halogens is 5. The molecule has 2 aliphatic rings. The van der Waals surface area contributed by atoms with Crippen LogP contribution in [-0.4, -0.2) is 17.9 Å². The molecular weight excluding hydrogens is 459 g/mol. The van der Waals surface area contributed by atoms with Crippen molar-refractivity contribution >= 4 is 5.57 Å². The first-order valence-electron chi connectivity index (χ1n) is 11.9. The summed E-state index contributed by atoms with van der Waals surface area (Å²) in [6.07, 6.45) is 0.323. The summed E-state index contributed by atoms with van der Waals surface area (Å²) in [5, 5.41) is 0. The summed E-state index contributed by atoms with van der Waals surface area (Å²) in [6, 6.07) is 7.81. The molecule has 0 fully saturated rings. The molecule has 35 heavy (non-hydrogen) atoms. The van der Waals surface area contributed by atoms with Crippen molar-refractivity contribution in [2.45, 2.75) is 70.3 Å². The molecule has 186 valence electrons. The third kappa shape index (κ3) is 4.61. The van der Waals surface area contributed by atoms with Crippen LogP contribution in [0.15, 0.2) is 60.7 Å². The van der Waals surface area contributed by atoms with Gasteiger partial charge in [0, 0.05) is 16.7 Å². The monoisotopic (exact) mass is 488 g/mol. The van der Waals surface area contributed by atoms with Gasteiger partial charge in [-0.05, 0) is 60.6 Å². The Morgan fingerprint density at radius 3 is 2.46 bits per heavy atom. The summed E-state index contributed by atoms with van der Waals surface area (Å²) < 4.78 is 81.5. The number of hydrogen-bond acceptors (Lipinski definition) is 1. The van der Waals surface area contributed by atoms with E-state index in [-0.39, 0.29) is 28.9 Å². The molecule has 0 N–H and O–H groups in total. The van der Waals surface area contributed by atoms with Crippen molar-refractivity contribution in [1.82, 2.24) is 0 Å². The van der Waals surface area contributed by atoms with E-state index in [2.05, 4.69) is 6.58 Å². The van der Waals surface area contributed by atoms with Crippen molar-refractivity contribution < 1.29 is 26.7 Å². The highest BCUT2D eigenvalue weighted by molar-refractivity contribution is 5.84. The van der Waals surface area contributed by atoms with Crippen LogP contribution in [0.5, 0.6) is 0 Å². The Kier molecular flexibility index (Phi) is 7.32. The molecule has 4 atom stereocenters. The summed E-state index contributed by atoms with van der Waals surface area (Å²) in [5.74, 6) is -1.26. The van der Waals surface area contributed by atoms with Gasteiger partial charge in [-0.3, -0.25) is 0 Å². The summed E-state index contributed by atoms with van der Waals surface area (Å²) in [5.41, 5.74) is -0.774. The second-order valence-corrected chi connectivity index (χ2v) is 9.34. The molecule has 1 nitrogen and oxygen atoms in total. The molecule has 0 radical (unpaired) electrons. The van der Waals surface area contributed by atoms with E-state index in [1.807, 2.05) is 6.92 Å². The van der Waals surface area contributed by atoms with Crippen molar-refractivity contribution in [2.24, 2.45) is 0 Å². The Bertz CT molecular complexity index is 1180. The van der Waals surface area contributed by atoms with Crippen LogP contribution in [0.4, 0.5) is 22.0 Å². The van der Waals surface area contributed by atoms with Gasteiger partial charge in [0.1, 0.15) is 17.2 Å². The number of rotatable bonds is 8. The Labute approximate surface area is 203 Å². The molecule has 0 spiro atoms. The highest BCUT2D eigenvalue weighted by Gasteiger charge is 2.49. The highest BCUT2D eigenvalue weighted by atomic mass is 19.2. The van der Waals surface area contributed by atoms with Crippen LogP contribution in [0.3, 0.4) is 0 Å². The van der Waals surface area contributed by atoms with E-state index in [1.54, 1.807) is 24.3 Å². The smallest absolute Gasteiger partial charge is 0.164 e. The summed E-state index contributed by atoms with van der Waals surface area (Å²) in [6.45, 7) is 6.68. The standard InChI is InChI=1S/C29H29F5O/c1-4-6-8-17-9-10-19(22(30)15-17)16-35-29(3)14-13-21-20-12-11-18(7-5-2)25(31)23(20)26(32)27(33)24(21)28(29)34/h4,9-15,26-28H,1,5-8,16H2,2-3H3. The van der Waals surface area contributed by atoms with E-state index in [0.717, 1.165) is 5.56 Å². The lowest BCUT2D eigenvalue weighted by molar-refractivity contribution is -0.0548. The van der Waals surface area contributed by atoms with E-state index >= 15 is 17.6 Å². The maximum atomic E-state index is 15.8. The molecule has 0 saturated heterocycles. The molecule has 0 bridgehead atoms. The van der Waals surface area contributed by atoms with E-state index in [9.17, 15) is 4.39 Å². The minimum atomic E-state index is -2.35. The van der Waals surface area contributed by atoms with Crippen LogP contribution < -0.4 is 0 Å². The van der Waals surface area contributed by atoms with Crippen LogP contribution in [0, 0.1) is 11.6 Å². The predicted molar refractivity (Wildman–Crippen MR) is 128 cm³/mol. The maximum absolute atomic E-state index is 15.8. The molecule has 0 heterocycles. The minimum absolute atomic E-state index is 0.134. The van der Waals surface area contributed by atoms with Crippen LogP contribution in [0.1, 0.15) is 60.7 Å². The first kappa shape index (κ1) is 25.4. The van der Waals surface area contributed by atoms with Crippen molar-refractivity contribution in [3.63, 3.8) is 0 Å². The van der Waals surface area contributed by atoms with E-state index in [1.165, 1.54) is 31.2 Å². The summed E-state index contributed by atoms with van der Waals surface area (Å²) in [7, 11) is 0. The SMILES string of the molecule is C=CCCc1ccc(COC2(C)C=CC3=C(C(F)C(F)c4c3ccc(CCC)c4F)C2F)c(F)c1. The van der Waals surface area contributed by atoms with Crippen LogP contribution >= 0.6 is 0 Å². The fraction of sp³-hybridized carbons (Fsp3) is 0.379. The second-order valence-electron chi connectivity index (χ2n) is 9.34. The van der Waals surface area contributed by atoms with Crippen molar-refractivity contribution in [1.29, 1.82) is 0 Å². The highest BCUT2D eigenvalue weighted by Crippen LogP contribution is 2.49. The van der Waals surface area contributed by atoms with Crippen molar-refractivity contribution in [3.8, 4) is 0 Å². The van der Waals surface area contributed by atoms with Crippen LogP contribution in [0.25, 0.3) is 5.57 Å². The number of benzene rings is 2. The molecule has 4 rings (SSSR count). The number of allylic oxidation sites excluding steroid dienone is 3. The lowest BCUT2D eigenvalue weighted by Gasteiger charge is -2.40. The average Bonchev–Trinajstić information content (AvgIpc) is 2.84. The molecule has 2 aliphatic carbocycles. The molecule has 2 aromatic rings. The number of fused-ring (bicyclic) bond motifs is 2. The van der Waals surface area contributed by atoms with Gasteiger partial charge in [0.05, 0.1) is 6.61 Å². The largest absolute Gasteiger partial charge is 0.363 e. The van der Waals surface area contributed by atoms with Crippen molar-refractivity contribution in [2.75, 3.05) is 0 Å². The molecule has 0 aliphatic heterocycles. The van der Waals surface area contributed by atoms with Gasteiger partial charge in [0.25, 0.3) is 0 Å². The lowest BCUT2D eigenvalue weighted by Crippen LogP contribution is -2.44. The number of alkyl halides is 3. The Morgan fingerprint density at radius 1 is 1.03 bits per heavy atom. The topological polar surface area (TPSA) is 9.23 Å². The van der Waals surface area contributed by atoms with Gasteiger partial charge in [-0.1, -0.05) is 49.8 Å². The van der Waals surface area contributed by atoms with Gasteiger partial charge < -0.3 is 4.74 Å². The minimum Gasteiger partial charge on any atom is -0.363 e. The second kappa shape index (κ2) is 10.1. The van der Waals surface area contributed by atoms with E-state index in [0.29, 0.717) is 31.2 Å². The molecule has 6 heteroatoms. The molecular formula is C29H29F5O. The van der Waals surface area contributed by atoms with Crippen LogP contribution in [0.2, 0.25) is 0 Å². The van der Waals surface area contributed by atoms with Gasteiger partial charge in [-0.25, -0.2) is 22.0 Å². The first-order valence-corrected chi connectivity index (χ1v) is 11.9. The Balaban J connectivity index is 1.60. The van der Waals surface area contributed by atoms with Gasteiger partial charge in [-0.2, -0.15) is 0 Å². The zero-order chi connectivity index (χ0) is 25.3. The molecule has 0 amide bonds.